The molecule has 138 valence electrons. The van der Waals surface area contributed by atoms with E-state index in [2.05, 4.69) is 10.4 Å². The lowest BCUT2D eigenvalue weighted by molar-refractivity contribution is 0.0687. The minimum Gasteiger partial charge on any atom is -0.477 e. The summed E-state index contributed by atoms with van der Waals surface area (Å²) in [4.78, 5) is 37.8. The molecular weight excluding hydrogens is 356 g/mol. The van der Waals surface area contributed by atoms with Crippen molar-refractivity contribution in [2.45, 2.75) is 12.8 Å². The molecule has 26 heavy (non-hydrogen) atoms. The van der Waals surface area contributed by atoms with Crippen LogP contribution in [0.2, 0.25) is 0 Å². The molecular formula is C17H20N4O4S. The number of carbonyl (C=O) groups is 3. The summed E-state index contributed by atoms with van der Waals surface area (Å²) in [6, 6.07) is 3.03. The average molecular weight is 376 g/mol. The third-order valence-electron chi connectivity index (χ3n) is 4.45. The Morgan fingerprint density at radius 2 is 1.96 bits per heavy atom. The standard InChI is InChI=1S/C17H20N4O4S/c1-20-10-12(9-19-20)15(22)18-8-11-4-6-21(7-5-11)16(23)13-2-3-14(26-13)17(24)25/h2-3,9-11H,4-8H2,1H3,(H,18,22)(H,24,25). The molecule has 3 rings (SSSR count). The van der Waals surface area contributed by atoms with Gasteiger partial charge in [0.05, 0.1) is 16.6 Å². The maximum absolute atomic E-state index is 12.5. The smallest absolute Gasteiger partial charge is 0.345 e. The van der Waals surface area contributed by atoms with Gasteiger partial charge in [0.1, 0.15) is 4.88 Å². The Balaban J connectivity index is 1.47. The molecule has 1 fully saturated rings. The molecule has 0 aromatic carbocycles. The van der Waals surface area contributed by atoms with Gasteiger partial charge in [0.2, 0.25) is 0 Å². The van der Waals surface area contributed by atoms with Crippen molar-refractivity contribution in [2.75, 3.05) is 19.6 Å². The molecule has 0 atom stereocenters. The second-order valence-electron chi connectivity index (χ2n) is 6.32. The number of nitrogens with zero attached hydrogens (tertiary/aromatic N) is 3. The number of carboxylic acid groups (broad SMARTS) is 1. The van der Waals surface area contributed by atoms with E-state index in [-0.39, 0.29) is 16.7 Å². The van der Waals surface area contributed by atoms with Gasteiger partial charge in [-0.15, -0.1) is 11.3 Å². The van der Waals surface area contributed by atoms with Crippen LogP contribution >= 0.6 is 11.3 Å². The van der Waals surface area contributed by atoms with E-state index in [4.69, 9.17) is 5.11 Å². The van der Waals surface area contributed by atoms with Crippen molar-refractivity contribution in [3.63, 3.8) is 0 Å². The molecule has 1 aliphatic rings. The maximum atomic E-state index is 12.5. The normalized spacial score (nSPS) is 15.0. The fourth-order valence-electron chi connectivity index (χ4n) is 2.94. The highest BCUT2D eigenvalue weighted by Gasteiger charge is 2.25. The fraction of sp³-hybridized carbons (Fsp3) is 0.412. The van der Waals surface area contributed by atoms with Crippen LogP contribution in [-0.2, 0) is 7.05 Å². The van der Waals surface area contributed by atoms with Gasteiger partial charge in [0, 0.05) is 32.9 Å². The highest BCUT2D eigenvalue weighted by molar-refractivity contribution is 7.15. The van der Waals surface area contributed by atoms with Gasteiger partial charge in [-0.1, -0.05) is 0 Å². The average Bonchev–Trinajstić information content (AvgIpc) is 3.29. The third-order valence-corrected chi connectivity index (χ3v) is 5.51. The summed E-state index contributed by atoms with van der Waals surface area (Å²) < 4.78 is 1.58. The summed E-state index contributed by atoms with van der Waals surface area (Å²) in [5.74, 6) is -0.966. The first-order chi connectivity index (χ1) is 12.4. The van der Waals surface area contributed by atoms with Crippen molar-refractivity contribution in [1.82, 2.24) is 20.0 Å². The number of aromatic carboxylic acids is 1. The van der Waals surface area contributed by atoms with E-state index in [0.717, 1.165) is 24.2 Å². The van der Waals surface area contributed by atoms with Crippen LogP contribution in [0.3, 0.4) is 0 Å². The summed E-state index contributed by atoms with van der Waals surface area (Å²) in [7, 11) is 1.76. The maximum Gasteiger partial charge on any atom is 0.345 e. The molecule has 0 spiro atoms. The quantitative estimate of drug-likeness (QED) is 0.822. The van der Waals surface area contributed by atoms with E-state index in [0.29, 0.717) is 36.0 Å². The summed E-state index contributed by atoms with van der Waals surface area (Å²) >= 11 is 1.00. The van der Waals surface area contributed by atoms with Crippen molar-refractivity contribution in [3.05, 3.63) is 39.8 Å². The van der Waals surface area contributed by atoms with Crippen molar-refractivity contribution in [1.29, 1.82) is 0 Å². The van der Waals surface area contributed by atoms with E-state index in [9.17, 15) is 14.4 Å². The van der Waals surface area contributed by atoms with Gasteiger partial charge in [-0.3, -0.25) is 14.3 Å². The van der Waals surface area contributed by atoms with Crippen LogP contribution in [0.25, 0.3) is 0 Å². The number of carbonyl (C=O) groups excluding carboxylic acids is 2. The van der Waals surface area contributed by atoms with Gasteiger partial charge < -0.3 is 15.3 Å². The molecule has 0 bridgehead atoms. The lowest BCUT2D eigenvalue weighted by Crippen LogP contribution is -2.41. The number of amides is 2. The largest absolute Gasteiger partial charge is 0.477 e. The highest BCUT2D eigenvalue weighted by atomic mass is 32.1. The molecule has 2 aromatic rings. The zero-order valence-corrected chi connectivity index (χ0v) is 15.2. The highest BCUT2D eigenvalue weighted by Crippen LogP contribution is 2.22. The minimum atomic E-state index is -1.02. The van der Waals surface area contributed by atoms with Crippen LogP contribution in [0.15, 0.2) is 24.5 Å². The predicted molar refractivity (Wildman–Crippen MR) is 95.4 cm³/mol. The lowest BCUT2D eigenvalue weighted by Gasteiger charge is -2.31. The second kappa shape index (κ2) is 7.69. The molecule has 0 unspecified atom stereocenters. The molecule has 0 saturated carbocycles. The topological polar surface area (TPSA) is 105 Å². The first-order valence-corrected chi connectivity index (χ1v) is 9.15. The number of rotatable bonds is 5. The monoisotopic (exact) mass is 376 g/mol. The van der Waals surface area contributed by atoms with Gasteiger partial charge in [0.25, 0.3) is 11.8 Å². The Kier molecular flexibility index (Phi) is 5.36. The second-order valence-corrected chi connectivity index (χ2v) is 7.40. The zero-order valence-electron chi connectivity index (χ0n) is 14.3. The molecule has 0 radical (unpaired) electrons. The number of hydrogen-bond donors (Lipinski definition) is 2. The van der Waals surface area contributed by atoms with Crippen LogP contribution in [0, 0.1) is 5.92 Å². The number of piperidine rings is 1. The molecule has 2 amide bonds. The number of nitrogens with one attached hydrogen (secondary N) is 1. The van der Waals surface area contributed by atoms with Crippen LogP contribution in [0.5, 0.6) is 0 Å². The van der Waals surface area contributed by atoms with Crippen LogP contribution in [0.4, 0.5) is 0 Å². The zero-order chi connectivity index (χ0) is 18.7. The Morgan fingerprint density at radius 1 is 1.27 bits per heavy atom. The van der Waals surface area contributed by atoms with Gasteiger partial charge in [-0.2, -0.15) is 5.10 Å². The lowest BCUT2D eigenvalue weighted by atomic mass is 9.96. The SMILES string of the molecule is Cn1cc(C(=O)NCC2CCN(C(=O)c3ccc(C(=O)O)s3)CC2)cn1. The molecule has 0 aliphatic carbocycles. The molecule has 1 aliphatic heterocycles. The Hall–Kier alpha value is -2.68. The number of aromatic nitrogens is 2. The van der Waals surface area contributed by atoms with Crippen molar-refractivity contribution in [2.24, 2.45) is 13.0 Å². The van der Waals surface area contributed by atoms with Crippen molar-refractivity contribution in [3.8, 4) is 0 Å². The van der Waals surface area contributed by atoms with E-state index in [1.165, 1.54) is 12.3 Å². The molecule has 2 N–H and O–H groups in total. The first-order valence-electron chi connectivity index (χ1n) is 8.33. The molecule has 9 heteroatoms. The summed E-state index contributed by atoms with van der Waals surface area (Å²) in [5.41, 5.74) is 0.534. The number of likely N-dealkylation sites (tertiary alicyclic amines) is 1. The number of thiophene rings is 1. The third kappa shape index (κ3) is 4.10. The number of hydrogen-bond acceptors (Lipinski definition) is 5. The fourth-order valence-corrected chi connectivity index (χ4v) is 3.75. The Morgan fingerprint density at radius 3 is 2.54 bits per heavy atom. The molecule has 2 aromatic heterocycles. The van der Waals surface area contributed by atoms with E-state index >= 15 is 0 Å². The number of aryl methyl sites for hydroxylation is 1. The van der Waals surface area contributed by atoms with Gasteiger partial charge in [-0.25, -0.2) is 4.79 Å². The van der Waals surface area contributed by atoms with Crippen LogP contribution in [0.1, 0.15) is 42.5 Å². The van der Waals surface area contributed by atoms with Gasteiger partial charge in [-0.05, 0) is 30.9 Å². The summed E-state index contributed by atoms with van der Waals surface area (Å²) in [5, 5.41) is 15.9. The Bertz CT molecular complexity index is 820. The first kappa shape index (κ1) is 18.1. The van der Waals surface area contributed by atoms with E-state index in [1.54, 1.807) is 28.9 Å². The van der Waals surface area contributed by atoms with Crippen molar-refractivity contribution >= 4 is 29.1 Å². The Labute approximate surface area is 154 Å². The van der Waals surface area contributed by atoms with Gasteiger partial charge >= 0.3 is 5.97 Å². The molecule has 3 heterocycles. The number of carboxylic acids is 1. The molecule has 8 nitrogen and oxygen atoms in total. The minimum absolute atomic E-state index is 0.125. The van der Waals surface area contributed by atoms with Crippen molar-refractivity contribution < 1.29 is 19.5 Å². The summed E-state index contributed by atoms with van der Waals surface area (Å²) in [6.45, 7) is 1.77. The predicted octanol–water partition coefficient (Wildman–Crippen LogP) is 1.46. The van der Waals surface area contributed by atoms with E-state index in [1.807, 2.05) is 0 Å². The molecule has 1 saturated heterocycles. The summed E-state index contributed by atoms with van der Waals surface area (Å²) in [6.07, 6.45) is 4.80. The van der Waals surface area contributed by atoms with Crippen LogP contribution in [-0.4, -0.2) is 57.2 Å². The van der Waals surface area contributed by atoms with Crippen LogP contribution < -0.4 is 5.32 Å². The van der Waals surface area contributed by atoms with Gasteiger partial charge in [0.15, 0.2) is 0 Å². The van der Waals surface area contributed by atoms with E-state index < -0.39 is 5.97 Å².